The number of imide groups is 1. The summed E-state index contributed by atoms with van der Waals surface area (Å²) in [5.74, 6) is -2.58. The van der Waals surface area contributed by atoms with E-state index in [4.69, 9.17) is 4.74 Å². The minimum absolute atomic E-state index is 0.263. The molecule has 0 bridgehead atoms. The Morgan fingerprint density at radius 1 is 0.765 bits per heavy atom. The highest BCUT2D eigenvalue weighted by atomic mass is 16.5. The average molecular weight is 453 g/mol. The van der Waals surface area contributed by atoms with Gasteiger partial charge in [-0.1, -0.05) is 78.9 Å². The zero-order valence-corrected chi connectivity index (χ0v) is 18.6. The number of hydrogen-bond donors (Lipinski definition) is 1. The van der Waals surface area contributed by atoms with Crippen LogP contribution in [0.5, 0.6) is 5.75 Å². The van der Waals surface area contributed by atoms with E-state index < -0.39 is 29.6 Å². The average Bonchev–Trinajstić information content (AvgIpc) is 3.14. The van der Waals surface area contributed by atoms with Crippen LogP contribution in [0.25, 0.3) is 0 Å². The molecule has 1 heterocycles. The van der Waals surface area contributed by atoms with Gasteiger partial charge in [-0.25, -0.2) is 0 Å². The molecule has 3 aromatic rings. The van der Waals surface area contributed by atoms with E-state index in [-0.39, 0.29) is 11.8 Å². The Morgan fingerprint density at radius 3 is 1.79 bits per heavy atom. The van der Waals surface area contributed by atoms with E-state index in [9.17, 15) is 14.4 Å². The lowest BCUT2D eigenvalue weighted by molar-refractivity contribution is -0.142. The number of allylic oxidation sites excluding steroid dienone is 2. The van der Waals surface area contributed by atoms with E-state index in [2.05, 4.69) is 5.43 Å². The van der Waals surface area contributed by atoms with Gasteiger partial charge < -0.3 is 4.74 Å². The van der Waals surface area contributed by atoms with Crippen molar-refractivity contribution in [1.82, 2.24) is 10.4 Å². The van der Waals surface area contributed by atoms with Crippen molar-refractivity contribution >= 4 is 17.7 Å². The summed E-state index contributed by atoms with van der Waals surface area (Å²) in [7, 11) is 1.51. The molecule has 1 N–H and O–H groups in total. The van der Waals surface area contributed by atoms with Crippen molar-refractivity contribution in [2.75, 3.05) is 7.11 Å². The first-order valence-electron chi connectivity index (χ1n) is 11.2. The maximum atomic E-state index is 13.6. The van der Waals surface area contributed by atoms with E-state index in [0.29, 0.717) is 11.3 Å². The van der Waals surface area contributed by atoms with Crippen LogP contribution in [0, 0.1) is 11.8 Å². The summed E-state index contributed by atoms with van der Waals surface area (Å²) in [6, 6.07) is 25.9. The van der Waals surface area contributed by atoms with Gasteiger partial charge in [-0.3, -0.25) is 19.8 Å². The quantitative estimate of drug-likeness (QED) is 0.468. The molecule has 1 fully saturated rings. The third-order valence-electron chi connectivity index (χ3n) is 6.61. The lowest BCUT2D eigenvalue weighted by Crippen LogP contribution is -2.46. The molecule has 1 aliphatic heterocycles. The van der Waals surface area contributed by atoms with Crippen molar-refractivity contribution in [2.24, 2.45) is 11.8 Å². The second kappa shape index (κ2) is 8.98. The highest BCUT2D eigenvalue weighted by Crippen LogP contribution is 2.48. The van der Waals surface area contributed by atoms with Crippen LogP contribution in [0.4, 0.5) is 0 Å². The fraction of sp³-hybridized carbons (Fsp3) is 0.179. The first kappa shape index (κ1) is 21.6. The fourth-order valence-corrected chi connectivity index (χ4v) is 4.97. The number of carbonyl (C=O) groups is 3. The van der Waals surface area contributed by atoms with Gasteiger partial charge in [0.25, 0.3) is 17.7 Å². The van der Waals surface area contributed by atoms with Gasteiger partial charge in [0.15, 0.2) is 0 Å². The number of nitrogens with zero attached hydrogens (tertiary/aromatic N) is 1. The molecule has 34 heavy (non-hydrogen) atoms. The second-order valence-electron chi connectivity index (χ2n) is 8.49. The Morgan fingerprint density at radius 2 is 1.29 bits per heavy atom. The van der Waals surface area contributed by atoms with Gasteiger partial charge in [0.1, 0.15) is 5.75 Å². The molecule has 0 saturated carbocycles. The van der Waals surface area contributed by atoms with Gasteiger partial charge in [-0.15, -0.1) is 0 Å². The van der Waals surface area contributed by atoms with Crippen LogP contribution in [0.2, 0.25) is 0 Å². The van der Waals surface area contributed by atoms with E-state index in [1.165, 1.54) is 7.11 Å². The maximum Gasteiger partial charge on any atom is 0.270 e. The molecule has 0 aromatic heterocycles. The number of benzene rings is 3. The van der Waals surface area contributed by atoms with Gasteiger partial charge in [0.2, 0.25) is 0 Å². The number of carbonyl (C=O) groups excluding carboxylic acids is 3. The number of methoxy groups -OCH3 is 1. The predicted octanol–water partition coefficient (Wildman–Crippen LogP) is 4.08. The molecule has 0 unspecified atom stereocenters. The molecule has 0 spiro atoms. The van der Waals surface area contributed by atoms with Crippen LogP contribution >= 0.6 is 0 Å². The summed E-state index contributed by atoms with van der Waals surface area (Å²) in [6.45, 7) is 0. The van der Waals surface area contributed by atoms with Crippen molar-refractivity contribution in [1.29, 1.82) is 0 Å². The lowest BCUT2D eigenvalue weighted by Gasteiger charge is -2.32. The zero-order chi connectivity index (χ0) is 23.7. The molecule has 3 aromatic carbocycles. The Kier molecular flexibility index (Phi) is 5.72. The van der Waals surface area contributed by atoms with Crippen molar-refractivity contribution < 1.29 is 19.1 Å². The normalized spacial score (nSPS) is 23.5. The highest BCUT2D eigenvalue weighted by molar-refractivity contribution is 6.09. The largest absolute Gasteiger partial charge is 0.497 e. The minimum atomic E-state index is -0.615. The molecule has 0 radical (unpaired) electrons. The predicted molar refractivity (Wildman–Crippen MR) is 127 cm³/mol. The molecular formula is C28H24N2O4. The van der Waals surface area contributed by atoms with E-state index in [1.54, 1.807) is 24.3 Å². The molecule has 6 heteroatoms. The smallest absolute Gasteiger partial charge is 0.270 e. The minimum Gasteiger partial charge on any atom is -0.497 e. The Balaban J connectivity index is 1.50. The van der Waals surface area contributed by atoms with Gasteiger partial charge in [-0.2, -0.15) is 5.01 Å². The molecule has 4 atom stereocenters. The first-order valence-corrected chi connectivity index (χ1v) is 11.2. The SMILES string of the molecule is COc1cccc(C(=O)NN2C(=O)[C@@H]3[C@H](C2=O)[C@H](c2ccccc2)C=C[C@@H]3c2ccccc2)c1. The monoisotopic (exact) mass is 452 g/mol. The Hall–Kier alpha value is -4.19. The first-order chi connectivity index (χ1) is 16.6. The molecule has 1 saturated heterocycles. The zero-order valence-electron chi connectivity index (χ0n) is 18.6. The van der Waals surface area contributed by atoms with Crippen molar-refractivity contribution in [3.8, 4) is 5.75 Å². The lowest BCUT2D eigenvalue weighted by atomic mass is 9.68. The molecule has 6 nitrogen and oxygen atoms in total. The topological polar surface area (TPSA) is 75.7 Å². The molecule has 2 aliphatic rings. The number of amides is 3. The summed E-state index contributed by atoms with van der Waals surface area (Å²) in [5.41, 5.74) is 4.78. The van der Waals surface area contributed by atoms with Crippen LogP contribution in [0.1, 0.15) is 33.3 Å². The van der Waals surface area contributed by atoms with Crippen LogP contribution in [-0.4, -0.2) is 29.8 Å². The van der Waals surface area contributed by atoms with Crippen LogP contribution < -0.4 is 10.2 Å². The Labute approximate surface area is 197 Å². The summed E-state index contributed by atoms with van der Waals surface area (Å²) < 4.78 is 5.18. The molecule has 170 valence electrons. The number of rotatable bonds is 5. The number of hydrogen-bond acceptors (Lipinski definition) is 4. The Bertz CT molecular complexity index is 1190. The van der Waals surface area contributed by atoms with Gasteiger partial charge in [0, 0.05) is 17.4 Å². The molecule has 1 aliphatic carbocycles. The van der Waals surface area contributed by atoms with Gasteiger partial charge in [-0.05, 0) is 29.3 Å². The number of hydrazine groups is 1. The third kappa shape index (κ3) is 3.77. The van der Waals surface area contributed by atoms with Crippen molar-refractivity contribution in [2.45, 2.75) is 11.8 Å². The second-order valence-corrected chi connectivity index (χ2v) is 8.49. The fourth-order valence-electron chi connectivity index (χ4n) is 4.97. The summed E-state index contributed by atoms with van der Waals surface area (Å²) in [4.78, 5) is 40.2. The summed E-state index contributed by atoms with van der Waals surface area (Å²) in [6.07, 6.45) is 4.04. The number of fused-ring (bicyclic) bond motifs is 1. The van der Waals surface area contributed by atoms with Crippen LogP contribution in [0.15, 0.2) is 97.1 Å². The van der Waals surface area contributed by atoms with E-state index in [0.717, 1.165) is 16.1 Å². The number of ether oxygens (including phenoxy) is 1. The third-order valence-corrected chi connectivity index (χ3v) is 6.61. The van der Waals surface area contributed by atoms with Crippen LogP contribution in [-0.2, 0) is 9.59 Å². The van der Waals surface area contributed by atoms with Crippen molar-refractivity contribution in [3.63, 3.8) is 0 Å². The highest BCUT2D eigenvalue weighted by Gasteiger charge is 2.55. The molecular weight excluding hydrogens is 428 g/mol. The van der Waals surface area contributed by atoms with E-state index >= 15 is 0 Å². The summed E-state index contributed by atoms with van der Waals surface area (Å²) in [5, 5.41) is 0.913. The van der Waals surface area contributed by atoms with Crippen LogP contribution in [0.3, 0.4) is 0 Å². The van der Waals surface area contributed by atoms with Crippen molar-refractivity contribution in [3.05, 3.63) is 114 Å². The molecule has 3 amide bonds. The van der Waals surface area contributed by atoms with E-state index in [1.807, 2.05) is 72.8 Å². The number of nitrogens with one attached hydrogen (secondary N) is 1. The molecule has 5 rings (SSSR count). The van der Waals surface area contributed by atoms with Gasteiger partial charge in [0.05, 0.1) is 18.9 Å². The van der Waals surface area contributed by atoms with Gasteiger partial charge >= 0.3 is 0 Å². The maximum absolute atomic E-state index is 13.6. The summed E-state index contributed by atoms with van der Waals surface area (Å²) >= 11 is 0. The standard InChI is InChI=1S/C28H24N2O4/c1-34-21-14-8-13-20(17-21)26(31)29-30-27(32)24-22(18-9-4-2-5-10-18)15-16-23(25(24)28(30)33)19-11-6-3-7-12-19/h2-17,22-25H,1H3,(H,29,31)/t22-,23+,24+,25-.